The fourth-order valence-electron chi connectivity index (χ4n) is 4.94. The lowest BCUT2D eigenvalue weighted by Gasteiger charge is -2.19. The molecule has 0 aromatic heterocycles. The monoisotopic (exact) mass is 813 g/mol. The number of ether oxygens (including phenoxy) is 13. The van der Waals surface area contributed by atoms with Gasteiger partial charge in [0.05, 0.1) is 158 Å². The van der Waals surface area contributed by atoms with Gasteiger partial charge in [0.2, 0.25) is 0 Å². The zero-order valence-electron chi connectivity index (χ0n) is 36.2. The molecule has 14 heteroatoms. The van der Waals surface area contributed by atoms with Crippen molar-refractivity contribution in [3.8, 4) is 0 Å². The van der Waals surface area contributed by atoms with Crippen LogP contribution in [0.25, 0.3) is 0 Å². The molecule has 0 amide bonds. The predicted octanol–water partition coefficient (Wildman–Crippen LogP) is 6.23. The normalized spacial score (nSPS) is 11.9. The molecule has 0 aromatic carbocycles. The van der Waals surface area contributed by atoms with Crippen LogP contribution >= 0.6 is 0 Å². The lowest BCUT2D eigenvalue weighted by molar-refractivity contribution is -0.156. The fraction of sp³-hybridized carbons (Fsp3) is 0.976. The second-order valence-corrected chi connectivity index (χ2v) is 14.2. The molecule has 56 heavy (non-hydrogen) atoms. The van der Waals surface area contributed by atoms with E-state index in [2.05, 4.69) is 6.92 Å². The van der Waals surface area contributed by atoms with E-state index in [4.69, 9.17) is 61.6 Å². The third kappa shape index (κ3) is 51.0. The molecule has 0 unspecified atom stereocenters. The number of esters is 1. The molecule has 14 nitrogen and oxygen atoms in total. The summed E-state index contributed by atoms with van der Waals surface area (Å²) < 4.78 is 71.3. The van der Waals surface area contributed by atoms with Crippen molar-refractivity contribution in [1.29, 1.82) is 0 Å². The number of carbonyl (C=O) groups excluding carboxylic acids is 1. The Morgan fingerprint density at radius 3 is 0.768 bits per heavy atom. The first-order valence-corrected chi connectivity index (χ1v) is 21.6. The van der Waals surface area contributed by atoms with Gasteiger partial charge in [0.1, 0.15) is 5.60 Å². The number of carbonyl (C=O) groups is 1. The summed E-state index contributed by atoms with van der Waals surface area (Å²) in [5.74, 6) is -0.263. The largest absolute Gasteiger partial charge is 0.460 e. The van der Waals surface area contributed by atoms with Crippen LogP contribution in [0.4, 0.5) is 0 Å². The van der Waals surface area contributed by atoms with E-state index in [0.29, 0.717) is 152 Å². The van der Waals surface area contributed by atoms with Crippen LogP contribution in [0.1, 0.15) is 105 Å². The number of hydrogen-bond donors (Lipinski definition) is 0. The van der Waals surface area contributed by atoms with Gasteiger partial charge in [-0.25, -0.2) is 0 Å². The predicted molar refractivity (Wildman–Crippen MR) is 217 cm³/mol. The molecule has 336 valence electrons. The molecule has 0 aliphatic heterocycles. The molecule has 0 saturated carbocycles. The maximum absolute atomic E-state index is 11.6. The molecular weight excluding hydrogens is 728 g/mol. The van der Waals surface area contributed by atoms with Gasteiger partial charge in [-0.05, 0) is 27.2 Å². The third-order valence-electron chi connectivity index (χ3n) is 7.85. The van der Waals surface area contributed by atoms with Crippen LogP contribution in [0.2, 0.25) is 0 Å². The summed E-state index contributed by atoms with van der Waals surface area (Å²) in [5.41, 5.74) is -0.474. The average Bonchev–Trinajstić information content (AvgIpc) is 3.17. The molecule has 0 rings (SSSR count). The molecule has 0 aliphatic rings. The Labute approximate surface area is 340 Å². The summed E-state index contributed by atoms with van der Waals surface area (Å²) in [7, 11) is 0. The van der Waals surface area contributed by atoms with Gasteiger partial charge in [0.15, 0.2) is 0 Å². The van der Waals surface area contributed by atoms with Crippen LogP contribution in [0.5, 0.6) is 0 Å². The van der Waals surface area contributed by atoms with Crippen molar-refractivity contribution < 1.29 is 66.4 Å². The molecule has 0 spiro atoms. The van der Waals surface area contributed by atoms with E-state index in [0.717, 1.165) is 13.0 Å². The van der Waals surface area contributed by atoms with Crippen LogP contribution in [0, 0.1) is 0 Å². The van der Waals surface area contributed by atoms with Crippen LogP contribution in [0.15, 0.2) is 0 Å². The molecule has 0 saturated heterocycles. The minimum absolute atomic E-state index is 0.233. The van der Waals surface area contributed by atoms with Crippen molar-refractivity contribution in [3.63, 3.8) is 0 Å². The van der Waals surface area contributed by atoms with Gasteiger partial charge in [-0.2, -0.15) is 0 Å². The van der Waals surface area contributed by atoms with Gasteiger partial charge in [-0.3, -0.25) is 4.79 Å². The van der Waals surface area contributed by atoms with Crippen LogP contribution in [-0.2, 0) is 66.4 Å². The second-order valence-electron chi connectivity index (χ2n) is 14.2. The van der Waals surface area contributed by atoms with Gasteiger partial charge >= 0.3 is 5.97 Å². The van der Waals surface area contributed by atoms with E-state index >= 15 is 0 Å². The fourth-order valence-corrected chi connectivity index (χ4v) is 4.94. The van der Waals surface area contributed by atoms with Crippen molar-refractivity contribution in [1.82, 2.24) is 0 Å². The summed E-state index contributed by atoms with van der Waals surface area (Å²) in [6.45, 7) is 20.2. The Kier molecular flexibility index (Phi) is 45.8. The Hall–Kier alpha value is -1.01. The van der Waals surface area contributed by atoms with E-state index in [-0.39, 0.29) is 12.4 Å². The van der Waals surface area contributed by atoms with Gasteiger partial charge in [-0.15, -0.1) is 0 Å². The van der Waals surface area contributed by atoms with E-state index in [1.165, 1.54) is 64.2 Å². The summed E-state index contributed by atoms with van der Waals surface area (Å²) in [6, 6.07) is 0. The van der Waals surface area contributed by atoms with Gasteiger partial charge < -0.3 is 61.6 Å². The topological polar surface area (TPSA) is 137 Å². The van der Waals surface area contributed by atoms with E-state index in [9.17, 15) is 4.79 Å². The van der Waals surface area contributed by atoms with E-state index in [1.807, 2.05) is 20.8 Å². The van der Waals surface area contributed by atoms with Crippen molar-refractivity contribution in [2.75, 3.05) is 159 Å². The van der Waals surface area contributed by atoms with Crippen molar-refractivity contribution in [2.45, 2.75) is 110 Å². The smallest absolute Gasteiger partial charge is 0.308 e. The molecule has 0 aliphatic carbocycles. The summed E-state index contributed by atoms with van der Waals surface area (Å²) in [6.07, 6.45) is 15.1. The quantitative estimate of drug-likeness (QED) is 0.0507. The van der Waals surface area contributed by atoms with Gasteiger partial charge in [0.25, 0.3) is 0 Å². The Bertz CT molecular complexity index is 755. The van der Waals surface area contributed by atoms with Crippen molar-refractivity contribution in [3.05, 3.63) is 0 Å². The number of unbranched alkanes of at least 4 members (excludes halogenated alkanes) is 10. The molecule has 0 bridgehead atoms. The average molecular weight is 813 g/mol. The van der Waals surface area contributed by atoms with Gasteiger partial charge in [0, 0.05) is 6.61 Å². The lowest BCUT2D eigenvalue weighted by atomic mass is 10.1. The SMILES string of the molecule is CCCCCCCCCCCCCOCCOCCOCCOCCOCCOCCOCCOCCOCCOCCOCCOCCC(=O)OC(C)(C)C. The van der Waals surface area contributed by atoms with Crippen molar-refractivity contribution >= 4 is 5.97 Å². The zero-order valence-corrected chi connectivity index (χ0v) is 36.2. The second kappa shape index (κ2) is 46.7. The first-order valence-electron chi connectivity index (χ1n) is 21.6. The highest BCUT2D eigenvalue weighted by molar-refractivity contribution is 5.69. The summed E-state index contributed by atoms with van der Waals surface area (Å²) in [5, 5.41) is 0. The molecule has 0 atom stereocenters. The Morgan fingerprint density at radius 1 is 0.304 bits per heavy atom. The minimum atomic E-state index is -0.474. The Balaban J connectivity index is 3.09. The Morgan fingerprint density at radius 2 is 0.518 bits per heavy atom. The molecule has 0 radical (unpaired) electrons. The highest BCUT2D eigenvalue weighted by Gasteiger charge is 2.15. The first kappa shape index (κ1) is 55.0. The van der Waals surface area contributed by atoms with Crippen LogP contribution < -0.4 is 0 Å². The number of rotatable bonds is 48. The van der Waals surface area contributed by atoms with Gasteiger partial charge in [-0.1, -0.05) is 71.1 Å². The molecule has 0 N–H and O–H groups in total. The third-order valence-corrected chi connectivity index (χ3v) is 7.85. The maximum Gasteiger partial charge on any atom is 0.308 e. The van der Waals surface area contributed by atoms with Crippen molar-refractivity contribution in [2.24, 2.45) is 0 Å². The molecular formula is C42H84O14. The van der Waals surface area contributed by atoms with E-state index < -0.39 is 5.60 Å². The van der Waals surface area contributed by atoms with E-state index in [1.54, 1.807) is 0 Å². The molecule has 0 heterocycles. The zero-order chi connectivity index (χ0) is 40.7. The number of hydrogen-bond acceptors (Lipinski definition) is 14. The summed E-state index contributed by atoms with van der Waals surface area (Å²) in [4.78, 5) is 11.6. The molecule has 0 aromatic rings. The standard InChI is InChI=1S/C42H84O14/c1-5-6-7-8-9-10-11-12-13-14-15-17-44-19-21-46-23-25-48-27-29-50-31-33-52-35-37-54-39-40-55-38-36-53-34-32-51-30-28-49-26-24-47-22-20-45-18-16-41(43)56-42(2,3)4/h5-40H2,1-4H3. The lowest BCUT2D eigenvalue weighted by Crippen LogP contribution is -2.24. The minimum Gasteiger partial charge on any atom is -0.460 e. The van der Waals surface area contributed by atoms with Crippen LogP contribution in [0.3, 0.4) is 0 Å². The summed E-state index contributed by atoms with van der Waals surface area (Å²) >= 11 is 0. The maximum atomic E-state index is 11.6. The highest BCUT2D eigenvalue weighted by Crippen LogP contribution is 2.11. The first-order chi connectivity index (χ1) is 27.5. The highest BCUT2D eigenvalue weighted by atomic mass is 16.6. The molecule has 0 fully saturated rings. The van der Waals surface area contributed by atoms with Crippen LogP contribution in [-0.4, -0.2) is 170 Å².